The standard InChI is InChI=1S/C17H23NO3S/c1-3-4-5-13-6-7-15(12-18-19)17(13)14-8-10-16(11-9-14)22(2,20)21/h8-12,15,19H,3-7H2,1-2H3. The third kappa shape index (κ3) is 3.77. The second-order valence-electron chi connectivity index (χ2n) is 5.83. The van der Waals surface area contributed by atoms with Crippen LogP contribution in [0, 0.1) is 5.92 Å². The van der Waals surface area contributed by atoms with Gasteiger partial charge in [0.25, 0.3) is 0 Å². The van der Waals surface area contributed by atoms with E-state index in [1.165, 1.54) is 17.4 Å². The number of hydrogen-bond acceptors (Lipinski definition) is 4. The molecule has 1 unspecified atom stereocenters. The first-order valence-corrected chi connectivity index (χ1v) is 9.56. The summed E-state index contributed by atoms with van der Waals surface area (Å²) in [7, 11) is -3.18. The summed E-state index contributed by atoms with van der Waals surface area (Å²) in [5.74, 6) is 0.112. The van der Waals surface area contributed by atoms with E-state index in [1.54, 1.807) is 18.3 Å². The smallest absolute Gasteiger partial charge is 0.175 e. The summed E-state index contributed by atoms with van der Waals surface area (Å²) in [6, 6.07) is 7.03. The zero-order chi connectivity index (χ0) is 16.2. The van der Waals surface area contributed by atoms with E-state index in [1.807, 2.05) is 12.1 Å². The summed E-state index contributed by atoms with van der Waals surface area (Å²) in [4.78, 5) is 0.331. The SMILES string of the molecule is CCCCC1=C(c2ccc(S(C)(=O)=O)cc2)C(C=NO)CC1. The van der Waals surface area contributed by atoms with Gasteiger partial charge in [-0.3, -0.25) is 0 Å². The van der Waals surface area contributed by atoms with Gasteiger partial charge in [0.05, 0.1) is 11.1 Å². The lowest BCUT2D eigenvalue weighted by molar-refractivity contribution is 0.319. The predicted molar refractivity (Wildman–Crippen MR) is 89.0 cm³/mol. The molecule has 0 bridgehead atoms. The van der Waals surface area contributed by atoms with E-state index < -0.39 is 9.84 Å². The third-order valence-corrected chi connectivity index (χ3v) is 5.31. The first-order valence-electron chi connectivity index (χ1n) is 7.67. The molecule has 0 saturated carbocycles. The summed E-state index contributed by atoms with van der Waals surface area (Å²) < 4.78 is 23.1. The molecule has 0 heterocycles. The molecular weight excluding hydrogens is 298 g/mol. The predicted octanol–water partition coefficient (Wildman–Crippen LogP) is 3.90. The summed E-state index contributed by atoms with van der Waals surface area (Å²) in [6.07, 6.45) is 8.09. The van der Waals surface area contributed by atoms with Crippen molar-refractivity contribution in [1.29, 1.82) is 0 Å². The molecule has 0 amide bonds. The highest BCUT2D eigenvalue weighted by molar-refractivity contribution is 7.90. The van der Waals surface area contributed by atoms with Gasteiger partial charge in [-0.05, 0) is 49.0 Å². The highest BCUT2D eigenvalue weighted by Gasteiger charge is 2.25. The Bertz CT molecular complexity index is 672. The van der Waals surface area contributed by atoms with Gasteiger partial charge in [-0.1, -0.05) is 31.1 Å². The number of unbranched alkanes of at least 4 members (excludes halogenated alkanes) is 1. The lowest BCUT2D eigenvalue weighted by Gasteiger charge is -2.13. The van der Waals surface area contributed by atoms with Crippen molar-refractivity contribution < 1.29 is 13.6 Å². The van der Waals surface area contributed by atoms with Crippen LogP contribution in [0.2, 0.25) is 0 Å². The molecule has 0 radical (unpaired) electrons. The van der Waals surface area contributed by atoms with E-state index in [0.29, 0.717) is 4.90 Å². The van der Waals surface area contributed by atoms with Crippen LogP contribution < -0.4 is 0 Å². The van der Waals surface area contributed by atoms with Crippen LogP contribution in [-0.2, 0) is 9.84 Å². The van der Waals surface area contributed by atoms with Crippen molar-refractivity contribution in [3.8, 4) is 0 Å². The van der Waals surface area contributed by atoms with Gasteiger partial charge in [-0.15, -0.1) is 5.16 Å². The van der Waals surface area contributed by atoms with Gasteiger partial charge in [0.15, 0.2) is 9.84 Å². The highest BCUT2D eigenvalue weighted by Crippen LogP contribution is 2.40. The molecule has 1 aliphatic carbocycles. The normalized spacial score (nSPS) is 19.3. The highest BCUT2D eigenvalue weighted by atomic mass is 32.2. The fraction of sp³-hybridized carbons (Fsp3) is 0.471. The second kappa shape index (κ2) is 7.09. The maximum atomic E-state index is 11.6. The number of hydrogen-bond donors (Lipinski definition) is 1. The largest absolute Gasteiger partial charge is 0.411 e. The Hall–Kier alpha value is -1.62. The van der Waals surface area contributed by atoms with Crippen LogP contribution in [0.3, 0.4) is 0 Å². The average molecular weight is 321 g/mol. The Morgan fingerprint density at radius 3 is 2.55 bits per heavy atom. The van der Waals surface area contributed by atoms with Crippen molar-refractivity contribution in [3.63, 3.8) is 0 Å². The van der Waals surface area contributed by atoms with Crippen molar-refractivity contribution in [2.24, 2.45) is 11.1 Å². The van der Waals surface area contributed by atoms with E-state index in [-0.39, 0.29) is 5.92 Å². The molecular formula is C17H23NO3S. The maximum absolute atomic E-state index is 11.6. The van der Waals surface area contributed by atoms with Crippen molar-refractivity contribution in [2.45, 2.75) is 43.9 Å². The van der Waals surface area contributed by atoms with Gasteiger partial charge in [0.2, 0.25) is 0 Å². The summed E-state index contributed by atoms with van der Waals surface area (Å²) >= 11 is 0. The lowest BCUT2D eigenvalue weighted by Crippen LogP contribution is -2.02. The number of nitrogens with zero attached hydrogens (tertiary/aromatic N) is 1. The Kier molecular flexibility index (Phi) is 5.40. The van der Waals surface area contributed by atoms with Crippen LogP contribution in [0.1, 0.15) is 44.6 Å². The first kappa shape index (κ1) is 16.7. The van der Waals surface area contributed by atoms with E-state index in [9.17, 15) is 8.42 Å². The molecule has 0 spiro atoms. The van der Waals surface area contributed by atoms with Crippen LogP contribution in [0.15, 0.2) is 39.9 Å². The molecule has 1 N–H and O–H groups in total. The van der Waals surface area contributed by atoms with Gasteiger partial charge >= 0.3 is 0 Å². The minimum absolute atomic E-state index is 0.112. The molecule has 1 aliphatic rings. The summed E-state index contributed by atoms with van der Waals surface area (Å²) in [6.45, 7) is 2.17. The number of allylic oxidation sites excluding steroid dienone is 2. The molecule has 0 fully saturated rings. The monoisotopic (exact) mass is 321 g/mol. The summed E-state index contributed by atoms with van der Waals surface area (Å²) in [5, 5.41) is 12.1. The third-order valence-electron chi connectivity index (χ3n) is 4.18. The number of oxime groups is 1. The van der Waals surface area contributed by atoms with E-state index in [2.05, 4.69) is 12.1 Å². The second-order valence-corrected chi connectivity index (χ2v) is 7.84. The van der Waals surface area contributed by atoms with Crippen molar-refractivity contribution in [2.75, 3.05) is 6.26 Å². The van der Waals surface area contributed by atoms with Crippen LogP contribution >= 0.6 is 0 Å². The molecule has 4 nitrogen and oxygen atoms in total. The van der Waals surface area contributed by atoms with Crippen LogP contribution in [0.25, 0.3) is 5.57 Å². The Labute approximate surface area is 132 Å². The van der Waals surface area contributed by atoms with Crippen LogP contribution in [0.4, 0.5) is 0 Å². The number of benzene rings is 1. The van der Waals surface area contributed by atoms with Gasteiger partial charge in [0, 0.05) is 12.2 Å². The van der Waals surface area contributed by atoms with E-state index >= 15 is 0 Å². The molecule has 1 aromatic carbocycles. The van der Waals surface area contributed by atoms with Gasteiger partial charge < -0.3 is 5.21 Å². The molecule has 120 valence electrons. The Morgan fingerprint density at radius 1 is 1.32 bits per heavy atom. The van der Waals surface area contributed by atoms with Crippen LogP contribution in [0.5, 0.6) is 0 Å². The molecule has 0 aliphatic heterocycles. The number of sulfone groups is 1. The Balaban J connectivity index is 2.39. The summed E-state index contributed by atoms with van der Waals surface area (Å²) in [5.41, 5.74) is 3.63. The lowest BCUT2D eigenvalue weighted by atomic mass is 9.93. The Morgan fingerprint density at radius 2 is 2.00 bits per heavy atom. The van der Waals surface area contributed by atoms with Gasteiger partial charge in [-0.25, -0.2) is 8.42 Å². The topological polar surface area (TPSA) is 66.7 Å². The quantitative estimate of drug-likeness (QED) is 0.491. The fourth-order valence-electron chi connectivity index (χ4n) is 3.05. The maximum Gasteiger partial charge on any atom is 0.175 e. The van der Waals surface area contributed by atoms with E-state index in [0.717, 1.165) is 37.7 Å². The van der Waals surface area contributed by atoms with Gasteiger partial charge in [-0.2, -0.15) is 0 Å². The fourth-order valence-corrected chi connectivity index (χ4v) is 3.68. The zero-order valence-electron chi connectivity index (χ0n) is 13.1. The molecule has 22 heavy (non-hydrogen) atoms. The zero-order valence-corrected chi connectivity index (χ0v) is 13.9. The van der Waals surface area contributed by atoms with Crippen molar-refractivity contribution >= 4 is 21.6 Å². The molecule has 5 heteroatoms. The van der Waals surface area contributed by atoms with Crippen LogP contribution in [-0.4, -0.2) is 26.1 Å². The minimum atomic E-state index is -3.18. The molecule has 1 atom stereocenters. The average Bonchev–Trinajstić information content (AvgIpc) is 2.87. The molecule has 0 aromatic heterocycles. The molecule has 1 aromatic rings. The number of rotatable bonds is 6. The van der Waals surface area contributed by atoms with E-state index in [4.69, 9.17) is 5.21 Å². The van der Waals surface area contributed by atoms with Crippen molar-refractivity contribution in [1.82, 2.24) is 0 Å². The minimum Gasteiger partial charge on any atom is -0.411 e. The van der Waals surface area contributed by atoms with Crippen molar-refractivity contribution in [3.05, 3.63) is 35.4 Å². The molecule has 2 rings (SSSR count). The van der Waals surface area contributed by atoms with Gasteiger partial charge in [0.1, 0.15) is 0 Å². The molecule has 0 saturated heterocycles. The first-order chi connectivity index (χ1) is 10.5.